The molecule has 3 aromatic rings. The average Bonchev–Trinajstić information content (AvgIpc) is 3.32. The standard InChI is InChI=1S/C16H8N8.4CH4.Cu/c1-2-10-17-9(1)21-11-3-4-13(18-11)23-15-7-8-16(20-15)24-14-6-5-12(19-14)22-10;;;;;/h1-8H;4*1H4;/q-2;;;;;+2. The van der Waals surface area contributed by atoms with Crippen molar-refractivity contribution in [2.75, 3.05) is 0 Å². The van der Waals surface area contributed by atoms with E-state index in [-0.39, 0.29) is 46.8 Å². The Morgan fingerprint density at radius 1 is 0.414 bits per heavy atom. The minimum atomic E-state index is 0. The van der Waals surface area contributed by atoms with Crippen LogP contribution in [-0.4, -0.2) is 29.9 Å². The van der Waals surface area contributed by atoms with Crippen molar-refractivity contribution in [2.45, 2.75) is 29.7 Å². The van der Waals surface area contributed by atoms with Gasteiger partial charge in [-0.3, -0.25) is 0 Å². The van der Waals surface area contributed by atoms with Crippen molar-refractivity contribution in [2.24, 2.45) is 0 Å². The molecule has 8 bridgehead atoms. The molecule has 3 aromatic heterocycles. The van der Waals surface area contributed by atoms with Crippen molar-refractivity contribution in [1.82, 2.24) is 39.9 Å². The summed E-state index contributed by atoms with van der Waals surface area (Å²) in [6.45, 7) is 0. The van der Waals surface area contributed by atoms with Gasteiger partial charge in [0.1, 0.15) is 0 Å². The first-order valence-electron chi connectivity index (χ1n) is 7.22. The SMILES string of the molecule is C.C.C.C.C1=Cc2nc1nc1ccc(nc3nc(nc4ccc(n2)[n-]4)C=C3)[n-]1.[Cu+2]. The maximum atomic E-state index is 4.37. The molecule has 0 fully saturated rings. The van der Waals surface area contributed by atoms with Crippen LogP contribution < -0.4 is 9.97 Å². The molecule has 0 saturated heterocycles. The summed E-state index contributed by atoms with van der Waals surface area (Å²) in [7, 11) is 0. The van der Waals surface area contributed by atoms with Gasteiger partial charge in [0.15, 0.2) is 0 Å². The van der Waals surface area contributed by atoms with Crippen molar-refractivity contribution < 1.29 is 17.1 Å². The number of aromatic nitrogens is 8. The van der Waals surface area contributed by atoms with Crippen LogP contribution in [0.1, 0.15) is 53.0 Å². The Morgan fingerprint density at radius 3 is 0.897 bits per heavy atom. The zero-order valence-electron chi connectivity index (χ0n) is 12.5. The van der Waals surface area contributed by atoms with Gasteiger partial charge in [0.25, 0.3) is 0 Å². The number of rotatable bonds is 0. The quantitative estimate of drug-likeness (QED) is 0.333. The second-order valence-electron chi connectivity index (χ2n) is 5.09. The summed E-state index contributed by atoms with van der Waals surface area (Å²) in [5.74, 6) is 2.15. The number of fused-ring (bicyclic) bond motifs is 8. The molecular formula is C20H24CuN8. The molecule has 0 saturated carbocycles. The smallest absolute Gasteiger partial charge is 0.358 e. The minimum absolute atomic E-state index is 0. The summed E-state index contributed by atoms with van der Waals surface area (Å²) >= 11 is 0. The molecule has 8 nitrogen and oxygen atoms in total. The average molecular weight is 440 g/mol. The van der Waals surface area contributed by atoms with E-state index in [0.717, 1.165) is 0 Å². The van der Waals surface area contributed by atoms with Crippen LogP contribution >= 0.6 is 0 Å². The van der Waals surface area contributed by atoms with E-state index >= 15 is 0 Å². The van der Waals surface area contributed by atoms with Crippen LogP contribution in [0.4, 0.5) is 0 Å². The van der Waals surface area contributed by atoms with Gasteiger partial charge in [-0.2, -0.15) is 0 Å². The fraction of sp³-hybridized carbons (Fsp3) is 0.200. The molecule has 2 aliphatic heterocycles. The van der Waals surface area contributed by atoms with Crippen molar-refractivity contribution in [3.8, 4) is 0 Å². The van der Waals surface area contributed by atoms with Crippen LogP contribution in [0, 0.1) is 0 Å². The maximum Gasteiger partial charge on any atom is 2.00 e. The monoisotopic (exact) mass is 439 g/mol. The van der Waals surface area contributed by atoms with Crippen molar-refractivity contribution >= 4 is 46.9 Å². The van der Waals surface area contributed by atoms with Gasteiger partial charge in [-0.05, 0) is 48.6 Å². The normalized spacial score (nSPS) is 10.5. The second kappa shape index (κ2) is 10.4. The van der Waals surface area contributed by atoms with E-state index in [1.807, 2.05) is 0 Å². The van der Waals surface area contributed by atoms with Crippen molar-refractivity contribution in [1.29, 1.82) is 0 Å². The first-order chi connectivity index (χ1) is 11.8. The zero-order valence-corrected chi connectivity index (χ0v) is 13.4. The van der Waals surface area contributed by atoms with Crippen LogP contribution in [0.2, 0.25) is 0 Å². The van der Waals surface area contributed by atoms with Crippen LogP contribution in [0.3, 0.4) is 0 Å². The molecule has 29 heavy (non-hydrogen) atoms. The molecule has 0 atom stereocenters. The molecule has 0 aromatic carbocycles. The molecule has 2 aliphatic rings. The molecular weight excluding hydrogens is 416 g/mol. The summed E-state index contributed by atoms with van der Waals surface area (Å²) < 4.78 is 0. The van der Waals surface area contributed by atoms with Gasteiger partial charge in [0, 0.05) is 22.6 Å². The van der Waals surface area contributed by atoms with Crippen molar-refractivity contribution in [3.05, 3.63) is 47.6 Å². The van der Waals surface area contributed by atoms with E-state index < -0.39 is 0 Å². The third-order valence-electron chi connectivity index (χ3n) is 3.36. The van der Waals surface area contributed by atoms with Gasteiger partial charge in [0.05, 0.1) is 23.3 Å². The molecule has 0 unspecified atom stereocenters. The molecule has 155 valence electrons. The third kappa shape index (κ3) is 5.43. The van der Waals surface area contributed by atoms with Gasteiger partial charge in [-0.1, -0.05) is 29.7 Å². The van der Waals surface area contributed by atoms with E-state index in [0.29, 0.717) is 45.9 Å². The Kier molecular flexibility index (Phi) is 9.27. The van der Waals surface area contributed by atoms with Gasteiger partial charge in [-0.15, -0.1) is 0 Å². The van der Waals surface area contributed by atoms with Gasteiger partial charge < -0.3 is 29.9 Å². The third-order valence-corrected chi connectivity index (χ3v) is 3.36. The molecule has 0 N–H and O–H groups in total. The predicted molar refractivity (Wildman–Crippen MR) is 115 cm³/mol. The molecule has 0 aliphatic carbocycles. The molecule has 9 heteroatoms. The van der Waals surface area contributed by atoms with E-state index in [1.54, 1.807) is 48.6 Å². The summed E-state index contributed by atoms with van der Waals surface area (Å²) in [6, 6.07) is 7.12. The Morgan fingerprint density at radius 2 is 0.655 bits per heavy atom. The number of nitrogens with zero attached hydrogens (tertiary/aromatic N) is 8. The maximum absolute atomic E-state index is 4.37. The minimum Gasteiger partial charge on any atom is -0.358 e. The molecule has 0 spiro atoms. The fourth-order valence-electron chi connectivity index (χ4n) is 2.33. The summed E-state index contributed by atoms with van der Waals surface area (Å²) in [5.41, 5.74) is 2.15. The first kappa shape index (κ1) is 25.8. The first-order valence-corrected chi connectivity index (χ1v) is 7.22. The van der Waals surface area contributed by atoms with Gasteiger partial charge >= 0.3 is 17.1 Å². The zero-order chi connectivity index (χ0) is 15.9. The molecule has 5 rings (SSSR count). The topological polar surface area (TPSA) is 106 Å². The van der Waals surface area contributed by atoms with E-state index in [1.165, 1.54) is 0 Å². The van der Waals surface area contributed by atoms with Crippen molar-refractivity contribution in [3.63, 3.8) is 0 Å². The fourth-order valence-corrected chi connectivity index (χ4v) is 2.33. The van der Waals surface area contributed by atoms with Gasteiger partial charge in [0.2, 0.25) is 0 Å². The Balaban J connectivity index is 0.00000157. The number of hydrogen-bond acceptors (Lipinski definition) is 6. The molecule has 5 heterocycles. The largest absolute Gasteiger partial charge is 2.00 e. The summed E-state index contributed by atoms with van der Waals surface area (Å²) in [6.07, 6.45) is 7.12. The summed E-state index contributed by atoms with van der Waals surface area (Å²) in [4.78, 5) is 34.8. The van der Waals surface area contributed by atoms with Crippen LogP contribution in [0.15, 0.2) is 24.3 Å². The molecule has 1 radical (unpaired) electrons. The van der Waals surface area contributed by atoms with Gasteiger partial charge in [-0.25, -0.2) is 9.97 Å². The number of hydrogen-bond donors (Lipinski definition) is 0. The van der Waals surface area contributed by atoms with E-state index in [4.69, 9.17) is 0 Å². The second-order valence-corrected chi connectivity index (χ2v) is 5.09. The van der Waals surface area contributed by atoms with E-state index in [2.05, 4.69) is 39.9 Å². The van der Waals surface area contributed by atoms with Crippen LogP contribution in [0.5, 0.6) is 0 Å². The van der Waals surface area contributed by atoms with Crippen LogP contribution in [-0.2, 0) is 17.1 Å². The Bertz CT molecular complexity index is 999. The van der Waals surface area contributed by atoms with E-state index in [9.17, 15) is 0 Å². The predicted octanol–water partition coefficient (Wildman–Crippen LogP) is 4.04. The molecule has 0 amide bonds. The summed E-state index contributed by atoms with van der Waals surface area (Å²) in [5, 5.41) is 0. The van der Waals surface area contributed by atoms with Crippen LogP contribution in [0.25, 0.3) is 46.9 Å². The Labute approximate surface area is 181 Å². The Hall–Kier alpha value is -3.16.